The first-order valence-electron chi connectivity index (χ1n) is 5.44. The summed E-state index contributed by atoms with van der Waals surface area (Å²) >= 11 is 0. The van der Waals surface area contributed by atoms with E-state index in [4.69, 9.17) is 9.47 Å². The van der Waals surface area contributed by atoms with Crippen molar-refractivity contribution in [2.45, 2.75) is 18.4 Å². The lowest BCUT2D eigenvalue weighted by atomic mass is 10.0. The van der Waals surface area contributed by atoms with Crippen LogP contribution in [0.15, 0.2) is 18.7 Å². The van der Waals surface area contributed by atoms with E-state index in [0.717, 1.165) is 22.8 Å². The second-order valence-electron chi connectivity index (χ2n) is 4.44. The molecule has 0 saturated heterocycles. The summed E-state index contributed by atoms with van der Waals surface area (Å²) in [4.78, 5) is 0. The summed E-state index contributed by atoms with van der Waals surface area (Å²) in [5, 5.41) is 3.47. The Morgan fingerprint density at radius 2 is 1.81 bits per heavy atom. The first-order valence-corrected chi connectivity index (χ1v) is 5.44. The molecule has 16 heavy (non-hydrogen) atoms. The van der Waals surface area contributed by atoms with Crippen LogP contribution in [0, 0.1) is 0 Å². The van der Waals surface area contributed by atoms with Crippen LogP contribution in [0.25, 0.3) is 5.70 Å². The van der Waals surface area contributed by atoms with Crippen molar-refractivity contribution in [2.24, 2.45) is 0 Å². The molecular weight excluding hydrogens is 202 g/mol. The van der Waals surface area contributed by atoms with Gasteiger partial charge in [0.15, 0.2) is 11.5 Å². The van der Waals surface area contributed by atoms with Gasteiger partial charge in [-0.2, -0.15) is 0 Å². The standard InChI is InChI=1S/C13H15NO2/c1-8-9-6-11(15-2)12(16-3)7-10(9)13(14-8)4-5-13/h6-7,14H,1,4-5H2,2-3H3. The Morgan fingerprint density at radius 1 is 1.19 bits per heavy atom. The van der Waals surface area contributed by atoms with Crippen molar-refractivity contribution in [3.63, 3.8) is 0 Å². The molecule has 1 aromatic carbocycles. The molecule has 0 atom stereocenters. The Balaban J connectivity index is 2.19. The number of hydrogen-bond donors (Lipinski definition) is 1. The lowest BCUT2D eigenvalue weighted by Gasteiger charge is -2.12. The summed E-state index contributed by atoms with van der Waals surface area (Å²) in [6, 6.07) is 4.09. The van der Waals surface area contributed by atoms with Crippen LogP contribution >= 0.6 is 0 Å². The smallest absolute Gasteiger partial charge is 0.161 e. The second-order valence-corrected chi connectivity index (χ2v) is 4.44. The van der Waals surface area contributed by atoms with Crippen molar-refractivity contribution in [3.05, 3.63) is 29.8 Å². The van der Waals surface area contributed by atoms with Crippen molar-refractivity contribution < 1.29 is 9.47 Å². The van der Waals surface area contributed by atoms with Gasteiger partial charge in [0, 0.05) is 11.3 Å². The highest BCUT2D eigenvalue weighted by atomic mass is 16.5. The van der Waals surface area contributed by atoms with E-state index in [1.807, 2.05) is 6.07 Å². The lowest BCUT2D eigenvalue weighted by molar-refractivity contribution is 0.354. The third kappa shape index (κ3) is 1.08. The van der Waals surface area contributed by atoms with Crippen molar-refractivity contribution in [2.75, 3.05) is 14.2 Å². The molecule has 2 aliphatic rings. The van der Waals surface area contributed by atoms with E-state index in [2.05, 4.69) is 18.0 Å². The fourth-order valence-corrected chi connectivity index (χ4v) is 2.47. The fraction of sp³-hybridized carbons (Fsp3) is 0.385. The minimum Gasteiger partial charge on any atom is -0.493 e. The minimum absolute atomic E-state index is 0.145. The third-order valence-corrected chi connectivity index (χ3v) is 3.50. The number of ether oxygens (including phenoxy) is 2. The van der Waals surface area contributed by atoms with E-state index in [1.165, 1.54) is 18.4 Å². The molecule has 1 aliphatic heterocycles. The van der Waals surface area contributed by atoms with Crippen LogP contribution in [0.1, 0.15) is 24.0 Å². The quantitative estimate of drug-likeness (QED) is 0.824. The molecule has 0 aromatic heterocycles. The lowest BCUT2D eigenvalue weighted by Crippen LogP contribution is -2.18. The van der Waals surface area contributed by atoms with Gasteiger partial charge in [-0.3, -0.25) is 0 Å². The molecule has 0 bridgehead atoms. The van der Waals surface area contributed by atoms with E-state index >= 15 is 0 Å². The zero-order valence-electron chi connectivity index (χ0n) is 9.59. The Kier molecular flexibility index (Phi) is 1.76. The zero-order chi connectivity index (χ0) is 11.3. The van der Waals surface area contributed by atoms with E-state index in [1.54, 1.807) is 14.2 Å². The maximum atomic E-state index is 5.34. The molecule has 0 radical (unpaired) electrons. The molecule has 3 nitrogen and oxygen atoms in total. The molecule has 84 valence electrons. The first kappa shape index (κ1) is 9.58. The zero-order valence-corrected chi connectivity index (χ0v) is 9.59. The molecule has 1 N–H and O–H groups in total. The monoisotopic (exact) mass is 217 g/mol. The Labute approximate surface area is 95.1 Å². The summed E-state index contributed by atoms with van der Waals surface area (Å²) in [7, 11) is 3.32. The average molecular weight is 217 g/mol. The van der Waals surface area contributed by atoms with Crippen molar-refractivity contribution >= 4 is 5.70 Å². The van der Waals surface area contributed by atoms with Gasteiger partial charge in [-0.05, 0) is 30.5 Å². The van der Waals surface area contributed by atoms with Crippen LogP contribution in [0.4, 0.5) is 0 Å². The van der Waals surface area contributed by atoms with Gasteiger partial charge in [0.05, 0.1) is 19.8 Å². The van der Waals surface area contributed by atoms with Crippen molar-refractivity contribution in [1.82, 2.24) is 5.32 Å². The van der Waals surface area contributed by atoms with E-state index in [-0.39, 0.29) is 5.54 Å². The van der Waals surface area contributed by atoms with Crippen LogP contribution in [-0.4, -0.2) is 14.2 Å². The van der Waals surface area contributed by atoms with E-state index in [9.17, 15) is 0 Å². The molecule has 3 heteroatoms. The Bertz CT molecular complexity index is 475. The number of rotatable bonds is 2. The van der Waals surface area contributed by atoms with Gasteiger partial charge in [0.1, 0.15) is 0 Å². The van der Waals surface area contributed by atoms with Gasteiger partial charge in [-0.25, -0.2) is 0 Å². The van der Waals surface area contributed by atoms with E-state index in [0.29, 0.717) is 0 Å². The summed E-state index contributed by atoms with van der Waals surface area (Å²) in [5.41, 5.74) is 3.60. The molecule has 1 heterocycles. The number of benzene rings is 1. The maximum absolute atomic E-state index is 5.34. The highest BCUT2D eigenvalue weighted by Crippen LogP contribution is 2.54. The van der Waals surface area contributed by atoms with Gasteiger partial charge >= 0.3 is 0 Å². The second kappa shape index (κ2) is 2.94. The van der Waals surface area contributed by atoms with Crippen molar-refractivity contribution in [1.29, 1.82) is 0 Å². The number of fused-ring (bicyclic) bond motifs is 2. The molecule has 0 unspecified atom stereocenters. The number of hydrogen-bond acceptors (Lipinski definition) is 3. The van der Waals surface area contributed by atoms with Gasteiger partial charge < -0.3 is 14.8 Å². The summed E-state index contributed by atoms with van der Waals surface area (Å²) in [6.07, 6.45) is 2.35. The highest BCUT2D eigenvalue weighted by Gasteiger charge is 2.50. The third-order valence-electron chi connectivity index (χ3n) is 3.50. The van der Waals surface area contributed by atoms with Gasteiger partial charge in [0.2, 0.25) is 0 Å². The predicted octanol–water partition coefficient (Wildman–Crippen LogP) is 2.27. The SMILES string of the molecule is C=C1NC2(CC2)c2cc(OC)c(OC)cc21. The normalized spacial score (nSPS) is 19.2. The highest BCUT2D eigenvalue weighted by molar-refractivity contribution is 5.76. The van der Waals surface area contributed by atoms with Crippen molar-refractivity contribution in [3.8, 4) is 11.5 Å². The van der Waals surface area contributed by atoms with Crippen LogP contribution in [0.5, 0.6) is 11.5 Å². The molecule has 1 aromatic rings. The molecular formula is C13H15NO2. The van der Waals surface area contributed by atoms with Crippen LogP contribution in [0.3, 0.4) is 0 Å². The molecule has 0 amide bonds. The van der Waals surface area contributed by atoms with Gasteiger partial charge in [-0.15, -0.1) is 0 Å². The molecule has 1 saturated carbocycles. The molecule has 1 spiro atoms. The summed E-state index contributed by atoms with van der Waals surface area (Å²) < 4.78 is 10.6. The van der Waals surface area contributed by atoms with Gasteiger partial charge in [-0.1, -0.05) is 6.58 Å². The van der Waals surface area contributed by atoms with Crippen LogP contribution < -0.4 is 14.8 Å². The molecule has 1 fully saturated rings. The van der Waals surface area contributed by atoms with Crippen LogP contribution in [-0.2, 0) is 5.54 Å². The average Bonchev–Trinajstić information content (AvgIpc) is 3.02. The molecule has 1 aliphatic carbocycles. The Morgan fingerprint density at radius 3 is 2.38 bits per heavy atom. The maximum Gasteiger partial charge on any atom is 0.161 e. The summed E-state index contributed by atoms with van der Waals surface area (Å²) in [5.74, 6) is 1.56. The van der Waals surface area contributed by atoms with Gasteiger partial charge in [0.25, 0.3) is 0 Å². The first-order chi connectivity index (χ1) is 7.70. The Hall–Kier alpha value is -1.64. The number of methoxy groups -OCH3 is 2. The topological polar surface area (TPSA) is 30.5 Å². The van der Waals surface area contributed by atoms with Crippen LogP contribution in [0.2, 0.25) is 0 Å². The number of nitrogens with one attached hydrogen (secondary N) is 1. The molecule has 3 rings (SSSR count). The summed E-state index contributed by atoms with van der Waals surface area (Å²) in [6.45, 7) is 4.05. The largest absolute Gasteiger partial charge is 0.493 e. The minimum atomic E-state index is 0.145. The fourth-order valence-electron chi connectivity index (χ4n) is 2.47. The van der Waals surface area contributed by atoms with E-state index < -0.39 is 0 Å². The predicted molar refractivity (Wildman–Crippen MR) is 62.6 cm³/mol.